The first-order chi connectivity index (χ1) is 6.75. The highest BCUT2D eigenvalue weighted by atomic mass is 15.2. The Morgan fingerprint density at radius 1 is 1.36 bits per heavy atom. The van der Waals surface area contributed by atoms with Crippen LogP contribution in [0.15, 0.2) is 18.7 Å². The number of hydrogen-bond acceptors (Lipinski definition) is 3. The summed E-state index contributed by atoms with van der Waals surface area (Å²) < 4.78 is 0. The normalized spacial score (nSPS) is 18.5. The molecule has 1 aliphatic rings. The van der Waals surface area contributed by atoms with Gasteiger partial charge in [0, 0.05) is 37.6 Å². The van der Waals surface area contributed by atoms with E-state index in [0.29, 0.717) is 0 Å². The first-order valence-corrected chi connectivity index (χ1v) is 5.22. The van der Waals surface area contributed by atoms with Crippen LogP contribution in [0.3, 0.4) is 0 Å². The molecule has 1 saturated heterocycles. The SMILES string of the molecule is CC(C)C1CN(Cc2cncnc2)C1. The molecular weight excluding hydrogens is 174 g/mol. The fourth-order valence-electron chi connectivity index (χ4n) is 1.83. The Bertz CT molecular complexity index is 278. The minimum Gasteiger partial charge on any atom is -0.298 e. The van der Waals surface area contributed by atoms with E-state index in [-0.39, 0.29) is 0 Å². The van der Waals surface area contributed by atoms with Gasteiger partial charge in [-0.25, -0.2) is 9.97 Å². The van der Waals surface area contributed by atoms with Crippen molar-refractivity contribution in [1.29, 1.82) is 0 Å². The van der Waals surface area contributed by atoms with Gasteiger partial charge in [0.25, 0.3) is 0 Å². The van der Waals surface area contributed by atoms with Crippen LogP contribution >= 0.6 is 0 Å². The van der Waals surface area contributed by atoms with Gasteiger partial charge in [-0.1, -0.05) is 13.8 Å². The predicted molar refractivity (Wildman–Crippen MR) is 55.6 cm³/mol. The van der Waals surface area contributed by atoms with Crippen LogP contribution < -0.4 is 0 Å². The molecule has 0 bridgehead atoms. The molecule has 0 aromatic carbocycles. The van der Waals surface area contributed by atoms with Crippen molar-refractivity contribution in [3.63, 3.8) is 0 Å². The second kappa shape index (κ2) is 4.05. The van der Waals surface area contributed by atoms with Gasteiger partial charge in [-0.3, -0.25) is 4.90 Å². The third-order valence-corrected chi connectivity index (χ3v) is 2.95. The standard InChI is InChI=1S/C11H17N3/c1-9(2)11-6-14(7-11)5-10-3-12-8-13-4-10/h3-4,8-9,11H,5-7H2,1-2H3. The van der Waals surface area contributed by atoms with Crippen molar-refractivity contribution in [3.05, 3.63) is 24.3 Å². The Morgan fingerprint density at radius 2 is 2.00 bits per heavy atom. The summed E-state index contributed by atoms with van der Waals surface area (Å²) in [5.41, 5.74) is 1.22. The summed E-state index contributed by atoms with van der Waals surface area (Å²) in [5, 5.41) is 0. The Balaban J connectivity index is 1.80. The van der Waals surface area contributed by atoms with Gasteiger partial charge in [0.1, 0.15) is 6.33 Å². The lowest BCUT2D eigenvalue weighted by molar-refractivity contribution is 0.0612. The molecule has 0 atom stereocenters. The second-order valence-corrected chi connectivity index (χ2v) is 4.44. The molecule has 3 heteroatoms. The maximum absolute atomic E-state index is 4.01. The van der Waals surface area contributed by atoms with E-state index in [9.17, 15) is 0 Å². The second-order valence-electron chi connectivity index (χ2n) is 4.44. The average Bonchev–Trinajstić information content (AvgIpc) is 2.12. The third kappa shape index (κ3) is 2.10. The van der Waals surface area contributed by atoms with Crippen LogP contribution in [0, 0.1) is 11.8 Å². The van der Waals surface area contributed by atoms with Gasteiger partial charge in [-0.05, 0) is 11.8 Å². The summed E-state index contributed by atoms with van der Waals surface area (Å²) in [6.45, 7) is 8.06. The smallest absolute Gasteiger partial charge is 0.115 e. The van der Waals surface area contributed by atoms with Crippen LogP contribution in [-0.4, -0.2) is 28.0 Å². The fourth-order valence-corrected chi connectivity index (χ4v) is 1.83. The minimum atomic E-state index is 0.818. The van der Waals surface area contributed by atoms with Gasteiger partial charge >= 0.3 is 0 Å². The maximum Gasteiger partial charge on any atom is 0.115 e. The summed E-state index contributed by atoms with van der Waals surface area (Å²) >= 11 is 0. The van der Waals surface area contributed by atoms with E-state index in [1.165, 1.54) is 18.7 Å². The molecule has 76 valence electrons. The molecule has 0 saturated carbocycles. The summed E-state index contributed by atoms with van der Waals surface area (Å²) in [6, 6.07) is 0. The maximum atomic E-state index is 4.01. The first kappa shape index (κ1) is 9.59. The number of hydrogen-bond donors (Lipinski definition) is 0. The van der Waals surface area contributed by atoms with E-state index in [1.54, 1.807) is 6.33 Å². The highest BCUT2D eigenvalue weighted by Crippen LogP contribution is 2.24. The molecule has 1 aliphatic heterocycles. The van der Waals surface area contributed by atoms with Gasteiger partial charge in [-0.2, -0.15) is 0 Å². The van der Waals surface area contributed by atoms with Crippen molar-refractivity contribution >= 4 is 0 Å². The average molecular weight is 191 g/mol. The molecule has 2 heterocycles. The summed E-state index contributed by atoms with van der Waals surface area (Å²) in [5.74, 6) is 1.71. The molecule has 0 unspecified atom stereocenters. The predicted octanol–water partition coefficient (Wildman–Crippen LogP) is 1.56. The first-order valence-electron chi connectivity index (χ1n) is 5.22. The Morgan fingerprint density at radius 3 is 2.57 bits per heavy atom. The van der Waals surface area contributed by atoms with Crippen LogP contribution in [0.4, 0.5) is 0 Å². The van der Waals surface area contributed by atoms with Crippen molar-refractivity contribution in [2.24, 2.45) is 11.8 Å². The largest absolute Gasteiger partial charge is 0.298 e. The van der Waals surface area contributed by atoms with Gasteiger partial charge in [-0.15, -0.1) is 0 Å². The van der Waals surface area contributed by atoms with Crippen LogP contribution in [0.1, 0.15) is 19.4 Å². The molecule has 0 N–H and O–H groups in total. The van der Waals surface area contributed by atoms with E-state index in [2.05, 4.69) is 28.7 Å². The lowest BCUT2D eigenvalue weighted by Gasteiger charge is -2.41. The van der Waals surface area contributed by atoms with E-state index < -0.39 is 0 Å². The number of nitrogens with zero attached hydrogens (tertiary/aromatic N) is 3. The fraction of sp³-hybridized carbons (Fsp3) is 0.636. The molecule has 1 aromatic rings. The topological polar surface area (TPSA) is 29.0 Å². The van der Waals surface area contributed by atoms with E-state index in [1.807, 2.05) is 12.4 Å². The molecule has 0 amide bonds. The molecule has 1 fully saturated rings. The highest BCUT2D eigenvalue weighted by molar-refractivity contribution is 5.03. The Hall–Kier alpha value is -0.960. The number of rotatable bonds is 3. The molecule has 2 rings (SSSR count). The lowest BCUT2D eigenvalue weighted by Crippen LogP contribution is -2.48. The van der Waals surface area contributed by atoms with Crippen LogP contribution in [0.25, 0.3) is 0 Å². The molecular formula is C11H17N3. The van der Waals surface area contributed by atoms with Crippen molar-refractivity contribution in [2.75, 3.05) is 13.1 Å². The zero-order valence-electron chi connectivity index (χ0n) is 8.85. The van der Waals surface area contributed by atoms with Crippen LogP contribution in [-0.2, 0) is 6.54 Å². The summed E-state index contributed by atoms with van der Waals surface area (Å²) in [4.78, 5) is 10.5. The van der Waals surface area contributed by atoms with Gasteiger partial charge in [0.15, 0.2) is 0 Å². The molecule has 3 nitrogen and oxygen atoms in total. The zero-order chi connectivity index (χ0) is 9.97. The minimum absolute atomic E-state index is 0.818. The third-order valence-electron chi connectivity index (χ3n) is 2.95. The molecule has 1 aromatic heterocycles. The zero-order valence-corrected chi connectivity index (χ0v) is 8.85. The van der Waals surface area contributed by atoms with Crippen LogP contribution in [0.5, 0.6) is 0 Å². The molecule has 0 spiro atoms. The van der Waals surface area contributed by atoms with Gasteiger partial charge < -0.3 is 0 Å². The molecule has 0 radical (unpaired) electrons. The van der Waals surface area contributed by atoms with Crippen molar-refractivity contribution < 1.29 is 0 Å². The molecule has 14 heavy (non-hydrogen) atoms. The van der Waals surface area contributed by atoms with Crippen LogP contribution in [0.2, 0.25) is 0 Å². The Labute approximate surface area is 85.2 Å². The summed E-state index contributed by atoms with van der Waals surface area (Å²) in [6.07, 6.45) is 5.38. The van der Waals surface area contributed by atoms with E-state index in [4.69, 9.17) is 0 Å². The number of likely N-dealkylation sites (tertiary alicyclic amines) is 1. The highest BCUT2D eigenvalue weighted by Gasteiger charge is 2.28. The number of aromatic nitrogens is 2. The molecule has 0 aliphatic carbocycles. The van der Waals surface area contributed by atoms with Gasteiger partial charge in [0.05, 0.1) is 0 Å². The van der Waals surface area contributed by atoms with E-state index >= 15 is 0 Å². The van der Waals surface area contributed by atoms with Gasteiger partial charge in [0.2, 0.25) is 0 Å². The van der Waals surface area contributed by atoms with Crippen molar-refractivity contribution in [1.82, 2.24) is 14.9 Å². The van der Waals surface area contributed by atoms with E-state index in [0.717, 1.165) is 18.4 Å². The lowest BCUT2D eigenvalue weighted by atomic mass is 9.88. The van der Waals surface area contributed by atoms with Crippen molar-refractivity contribution in [2.45, 2.75) is 20.4 Å². The Kier molecular flexibility index (Phi) is 2.77. The van der Waals surface area contributed by atoms with Crippen molar-refractivity contribution in [3.8, 4) is 0 Å². The quantitative estimate of drug-likeness (QED) is 0.726. The monoisotopic (exact) mass is 191 g/mol. The summed E-state index contributed by atoms with van der Waals surface area (Å²) in [7, 11) is 0.